The molecule has 0 saturated heterocycles. The molecule has 0 bridgehead atoms. The number of aromatic nitrogens is 3. The molecule has 3 heterocycles. The van der Waals surface area contributed by atoms with Crippen LogP contribution in [-0.2, 0) is 7.05 Å². The average molecular weight is 600 g/mol. The Morgan fingerprint density at radius 3 is 2.43 bits per heavy atom. The number of aliphatic imine (C=N–C) groups is 1. The van der Waals surface area contributed by atoms with Gasteiger partial charge in [-0.25, -0.2) is 18.2 Å². The van der Waals surface area contributed by atoms with Gasteiger partial charge in [0.25, 0.3) is 5.91 Å². The van der Waals surface area contributed by atoms with Gasteiger partial charge in [0.05, 0.1) is 17.4 Å². The van der Waals surface area contributed by atoms with Gasteiger partial charge < -0.3 is 15.6 Å². The van der Waals surface area contributed by atoms with Crippen LogP contribution in [0.4, 0.5) is 18.9 Å². The zero-order valence-electron chi connectivity index (χ0n) is 24.3. The number of carbonyl (C=O) groups is 1. The quantitative estimate of drug-likeness (QED) is 0.302. The number of halogens is 3. The molecule has 5 rings (SSSR count). The van der Waals surface area contributed by atoms with Crippen LogP contribution in [0.2, 0.25) is 0 Å². The van der Waals surface area contributed by atoms with E-state index >= 15 is 8.78 Å². The van der Waals surface area contributed by atoms with Crippen LogP contribution in [0.15, 0.2) is 70.6 Å². The van der Waals surface area contributed by atoms with Crippen molar-refractivity contribution in [3.05, 3.63) is 111 Å². The van der Waals surface area contributed by atoms with Crippen LogP contribution < -0.4 is 16.5 Å². The molecule has 1 aliphatic heterocycles. The Kier molecular flexibility index (Phi) is 7.97. The van der Waals surface area contributed by atoms with E-state index in [1.54, 1.807) is 44.2 Å². The number of allylic oxidation sites excluding steroid dienone is 1. The van der Waals surface area contributed by atoms with Crippen LogP contribution in [-0.4, -0.2) is 26.5 Å². The highest BCUT2D eigenvalue weighted by Gasteiger charge is 2.31. The molecule has 0 aliphatic carbocycles. The summed E-state index contributed by atoms with van der Waals surface area (Å²) in [6.07, 6.45) is 6.31. The fraction of sp³-hybridized carbons (Fsp3) is 0.219. The molecule has 0 saturated carbocycles. The molecule has 4 aromatic rings. The predicted octanol–water partition coefficient (Wildman–Crippen LogP) is 5.50. The summed E-state index contributed by atoms with van der Waals surface area (Å²) in [5, 5.41) is 16.3. The van der Waals surface area contributed by atoms with Crippen molar-refractivity contribution < 1.29 is 18.0 Å². The molecule has 2 aromatic heterocycles. The lowest BCUT2D eigenvalue weighted by atomic mass is 9.79. The Bertz CT molecular complexity index is 1950. The van der Waals surface area contributed by atoms with Gasteiger partial charge in [0, 0.05) is 54.8 Å². The first-order valence-corrected chi connectivity index (χ1v) is 13.7. The Balaban J connectivity index is 1.52. The molecule has 2 unspecified atom stereocenters. The number of hydrogen-bond acceptors (Lipinski definition) is 6. The molecule has 2 aromatic carbocycles. The van der Waals surface area contributed by atoms with Crippen LogP contribution in [0, 0.1) is 34.7 Å². The Morgan fingerprint density at radius 2 is 1.82 bits per heavy atom. The maximum atomic E-state index is 15.6. The smallest absolute Gasteiger partial charge is 0.261 e. The number of nitrogens with zero attached hydrogens (tertiary/aromatic N) is 5. The van der Waals surface area contributed by atoms with E-state index in [0.717, 1.165) is 29.8 Å². The molecular weight excluding hydrogens is 571 g/mol. The largest absolute Gasteiger partial charge is 0.383 e. The maximum absolute atomic E-state index is 15.6. The summed E-state index contributed by atoms with van der Waals surface area (Å²) < 4.78 is 47.7. The van der Waals surface area contributed by atoms with E-state index in [2.05, 4.69) is 15.4 Å². The van der Waals surface area contributed by atoms with Gasteiger partial charge in [-0.15, -0.1) is 0 Å². The molecule has 1 aliphatic rings. The number of pyridine rings is 1. The normalized spacial score (nSPS) is 16.3. The van der Waals surface area contributed by atoms with Crippen LogP contribution >= 0.6 is 0 Å². The van der Waals surface area contributed by atoms with E-state index in [1.807, 2.05) is 13.0 Å². The summed E-state index contributed by atoms with van der Waals surface area (Å²) in [5.74, 6) is -4.04. The van der Waals surface area contributed by atoms with E-state index in [4.69, 9.17) is 5.73 Å². The molecule has 224 valence electrons. The van der Waals surface area contributed by atoms with Crippen molar-refractivity contribution in [3.8, 4) is 17.2 Å². The van der Waals surface area contributed by atoms with Gasteiger partial charge in [-0.1, -0.05) is 19.1 Å². The summed E-state index contributed by atoms with van der Waals surface area (Å²) in [6, 6.07) is 8.27. The fourth-order valence-corrected chi connectivity index (χ4v) is 5.38. The van der Waals surface area contributed by atoms with Gasteiger partial charge in [0.1, 0.15) is 40.6 Å². The molecule has 44 heavy (non-hydrogen) atoms. The predicted molar refractivity (Wildman–Crippen MR) is 160 cm³/mol. The molecule has 2 atom stereocenters. The van der Waals surface area contributed by atoms with Crippen LogP contribution in [0.25, 0.3) is 16.7 Å². The van der Waals surface area contributed by atoms with Crippen molar-refractivity contribution in [3.63, 3.8) is 0 Å². The summed E-state index contributed by atoms with van der Waals surface area (Å²) in [6.45, 7) is 5.30. The monoisotopic (exact) mass is 599 g/mol. The second-order valence-corrected chi connectivity index (χ2v) is 10.8. The van der Waals surface area contributed by atoms with E-state index < -0.39 is 40.0 Å². The summed E-state index contributed by atoms with van der Waals surface area (Å²) >= 11 is 0. The van der Waals surface area contributed by atoms with E-state index in [0.29, 0.717) is 5.57 Å². The van der Waals surface area contributed by atoms with Crippen molar-refractivity contribution in [1.82, 2.24) is 14.3 Å². The second kappa shape index (κ2) is 11.7. The average Bonchev–Trinajstić information content (AvgIpc) is 3.41. The van der Waals surface area contributed by atoms with Gasteiger partial charge in [0.2, 0.25) is 5.43 Å². The van der Waals surface area contributed by atoms with E-state index in [1.165, 1.54) is 22.9 Å². The lowest BCUT2D eigenvalue weighted by Gasteiger charge is -2.27. The fourth-order valence-electron chi connectivity index (χ4n) is 5.38. The number of benzene rings is 2. The van der Waals surface area contributed by atoms with Crippen LogP contribution in [0.3, 0.4) is 0 Å². The number of rotatable bonds is 6. The number of nitriles is 1. The standard InChI is InChI=1S/C32H28F3N7O2/c1-16(2)42-15-23(30(43)29(27(42)11-36)18-5-7-20(33)8-6-18)32(44)40-26-10-24(34)21(9-25(26)35)28-17(3)22(13-38-31(28)37)19-12-39-41(4)14-19/h5-10,12-17,22H,37H2,1-4H3,(H,40,44). The van der Waals surface area contributed by atoms with Crippen molar-refractivity contribution in [2.45, 2.75) is 32.7 Å². The summed E-state index contributed by atoms with van der Waals surface area (Å²) in [4.78, 5) is 31.2. The van der Waals surface area contributed by atoms with Gasteiger partial charge in [-0.05, 0) is 49.1 Å². The number of amides is 1. The van der Waals surface area contributed by atoms with Gasteiger partial charge in [-0.2, -0.15) is 10.4 Å². The summed E-state index contributed by atoms with van der Waals surface area (Å²) in [7, 11) is 1.76. The molecule has 12 heteroatoms. The van der Waals surface area contributed by atoms with Crippen molar-refractivity contribution >= 4 is 23.4 Å². The Morgan fingerprint density at radius 1 is 1.11 bits per heavy atom. The molecule has 3 N–H and O–H groups in total. The minimum Gasteiger partial charge on any atom is -0.383 e. The first-order valence-electron chi connectivity index (χ1n) is 13.7. The Labute approximate surface area is 250 Å². The number of anilines is 1. The highest BCUT2D eigenvalue weighted by Crippen LogP contribution is 2.40. The minimum absolute atomic E-state index is 0.0329. The highest BCUT2D eigenvalue weighted by atomic mass is 19.1. The number of nitrogens with one attached hydrogen (secondary N) is 1. The molecule has 9 nitrogen and oxygen atoms in total. The summed E-state index contributed by atoms with van der Waals surface area (Å²) in [5.41, 5.74) is 5.47. The first kappa shape index (κ1) is 30.0. The number of nitrogens with two attached hydrogens (primary N) is 1. The van der Waals surface area contributed by atoms with Crippen LogP contribution in [0.5, 0.6) is 0 Å². The molecule has 0 radical (unpaired) electrons. The van der Waals surface area contributed by atoms with Crippen molar-refractivity contribution in [1.29, 1.82) is 5.26 Å². The third kappa shape index (κ3) is 5.40. The first-order chi connectivity index (χ1) is 20.9. The minimum atomic E-state index is -1.02. The van der Waals surface area contributed by atoms with E-state index in [9.17, 15) is 19.2 Å². The third-order valence-electron chi connectivity index (χ3n) is 7.62. The highest BCUT2D eigenvalue weighted by molar-refractivity contribution is 6.05. The number of aryl methyl sites for hydroxylation is 1. The Hall–Kier alpha value is -5.44. The zero-order chi connectivity index (χ0) is 31.9. The van der Waals surface area contributed by atoms with E-state index in [-0.39, 0.29) is 46.1 Å². The third-order valence-corrected chi connectivity index (χ3v) is 7.62. The SMILES string of the molecule is CC1C(c2cc(F)c(NC(=O)c3cn(C(C)C)c(C#N)c(-c4ccc(F)cc4)c3=O)cc2F)=C(N)N=CC1c1cnn(C)c1. The van der Waals surface area contributed by atoms with Crippen molar-refractivity contribution in [2.24, 2.45) is 23.7 Å². The molecule has 1 amide bonds. The second-order valence-electron chi connectivity index (χ2n) is 10.8. The van der Waals surface area contributed by atoms with Crippen LogP contribution in [0.1, 0.15) is 59.9 Å². The lowest BCUT2D eigenvalue weighted by molar-refractivity contribution is 0.102. The van der Waals surface area contributed by atoms with Gasteiger partial charge in [-0.3, -0.25) is 14.3 Å². The van der Waals surface area contributed by atoms with Gasteiger partial charge >= 0.3 is 0 Å². The molecule has 0 fully saturated rings. The van der Waals surface area contributed by atoms with Gasteiger partial charge in [0.15, 0.2) is 0 Å². The molecule has 0 spiro atoms. The van der Waals surface area contributed by atoms with Crippen molar-refractivity contribution in [2.75, 3.05) is 5.32 Å². The number of hydrogen-bond donors (Lipinski definition) is 2. The number of carbonyl (C=O) groups excluding carboxylic acids is 1. The zero-order valence-corrected chi connectivity index (χ0v) is 24.3. The topological polar surface area (TPSA) is 131 Å². The maximum Gasteiger partial charge on any atom is 0.261 e. The molecular formula is C32H28F3N7O2. The lowest BCUT2D eigenvalue weighted by Crippen LogP contribution is -2.27.